The molecule has 0 aromatic heterocycles. The van der Waals surface area contributed by atoms with Gasteiger partial charge in [0.15, 0.2) is 0 Å². The molecule has 1 nitrogen and oxygen atoms in total. The van der Waals surface area contributed by atoms with E-state index in [9.17, 15) is 4.39 Å². The van der Waals surface area contributed by atoms with Gasteiger partial charge in [-0.1, -0.05) is 43.9 Å². The fourth-order valence-electron chi connectivity index (χ4n) is 3.43. The summed E-state index contributed by atoms with van der Waals surface area (Å²) in [5.41, 5.74) is 0.697. The maximum atomic E-state index is 14.4. The highest BCUT2D eigenvalue weighted by Gasteiger charge is 2.30. The van der Waals surface area contributed by atoms with Gasteiger partial charge in [-0.2, -0.15) is 0 Å². The van der Waals surface area contributed by atoms with Crippen molar-refractivity contribution in [1.82, 2.24) is 5.32 Å². The van der Waals surface area contributed by atoms with Crippen LogP contribution in [0.5, 0.6) is 0 Å². The quantitative estimate of drug-likeness (QED) is 0.676. The maximum absolute atomic E-state index is 14.4. The Hall–Kier alpha value is -0.120. The van der Waals surface area contributed by atoms with Crippen LogP contribution in [0.25, 0.3) is 0 Å². The summed E-state index contributed by atoms with van der Waals surface area (Å²) in [6.45, 7) is 2.25. The number of nitrogens with one attached hydrogen (secondary N) is 1. The number of halogens is 3. The van der Waals surface area contributed by atoms with Crippen LogP contribution >= 0.6 is 27.5 Å². The summed E-state index contributed by atoms with van der Waals surface area (Å²) in [7, 11) is 1.91. The summed E-state index contributed by atoms with van der Waals surface area (Å²) in [5, 5.41) is 3.49. The Kier molecular flexibility index (Phi) is 5.88. The number of benzene rings is 1. The van der Waals surface area contributed by atoms with Crippen molar-refractivity contribution in [1.29, 1.82) is 0 Å². The SMILES string of the molecule is CCC1CCCC(C(NC)c2ccc(Br)c(Cl)c2F)C1. The minimum atomic E-state index is -0.293. The van der Waals surface area contributed by atoms with Crippen LogP contribution in [0.2, 0.25) is 5.02 Å². The van der Waals surface area contributed by atoms with Crippen molar-refractivity contribution in [2.75, 3.05) is 7.05 Å². The topological polar surface area (TPSA) is 12.0 Å². The average molecular weight is 363 g/mol. The van der Waals surface area contributed by atoms with E-state index >= 15 is 0 Å². The van der Waals surface area contributed by atoms with Crippen LogP contribution < -0.4 is 5.32 Å². The molecule has 1 aliphatic carbocycles. The highest BCUT2D eigenvalue weighted by atomic mass is 79.9. The van der Waals surface area contributed by atoms with E-state index in [4.69, 9.17) is 11.6 Å². The molecule has 1 aromatic rings. The van der Waals surface area contributed by atoms with Crippen LogP contribution in [0.15, 0.2) is 16.6 Å². The van der Waals surface area contributed by atoms with Crippen molar-refractivity contribution in [2.45, 2.75) is 45.1 Å². The van der Waals surface area contributed by atoms with Gasteiger partial charge >= 0.3 is 0 Å². The molecule has 2 rings (SSSR count). The molecule has 3 atom stereocenters. The lowest BCUT2D eigenvalue weighted by Crippen LogP contribution is -2.30. The molecular weight excluding hydrogens is 341 g/mol. The summed E-state index contributed by atoms with van der Waals surface area (Å²) < 4.78 is 15.0. The van der Waals surface area contributed by atoms with Crippen molar-refractivity contribution >= 4 is 27.5 Å². The van der Waals surface area contributed by atoms with Gasteiger partial charge in [-0.3, -0.25) is 0 Å². The molecule has 1 fully saturated rings. The van der Waals surface area contributed by atoms with E-state index in [1.807, 2.05) is 19.2 Å². The lowest BCUT2D eigenvalue weighted by atomic mass is 9.75. The molecule has 1 saturated carbocycles. The van der Waals surface area contributed by atoms with Gasteiger partial charge < -0.3 is 5.32 Å². The summed E-state index contributed by atoms with van der Waals surface area (Å²) in [4.78, 5) is 0. The van der Waals surface area contributed by atoms with Gasteiger partial charge in [0.2, 0.25) is 0 Å². The predicted octanol–water partition coefficient (Wildman–Crippen LogP) is 5.72. The predicted molar refractivity (Wildman–Crippen MR) is 86.6 cm³/mol. The molecule has 0 saturated heterocycles. The van der Waals surface area contributed by atoms with E-state index in [0.29, 0.717) is 16.0 Å². The second kappa shape index (κ2) is 7.24. The van der Waals surface area contributed by atoms with Crippen LogP contribution in [0, 0.1) is 17.7 Å². The first-order chi connectivity index (χ1) is 9.58. The Morgan fingerprint density at radius 2 is 2.20 bits per heavy atom. The third-order valence-electron chi connectivity index (χ3n) is 4.58. The molecule has 0 bridgehead atoms. The molecule has 1 aromatic carbocycles. The zero-order chi connectivity index (χ0) is 14.7. The first-order valence-electron chi connectivity index (χ1n) is 7.39. The zero-order valence-corrected chi connectivity index (χ0v) is 14.4. The Morgan fingerprint density at radius 3 is 2.85 bits per heavy atom. The smallest absolute Gasteiger partial charge is 0.147 e. The standard InChI is InChI=1S/C16H22BrClFN/c1-3-10-5-4-6-11(9-10)16(20-2)12-7-8-13(17)14(18)15(12)19/h7-8,10-11,16,20H,3-6,9H2,1-2H3. The number of hydrogen-bond donors (Lipinski definition) is 1. The van der Waals surface area contributed by atoms with Crippen molar-refractivity contribution in [2.24, 2.45) is 11.8 Å². The minimum Gasteiger partial charge on any atom is -0.313 e. The highest BCUT2D eigenvalue weighted by molar-refractivity contribution is 9.10. The van der Waals surface area contributed by atoms with Crippen molar-refractivity contribution in [3.8, 4) is 0 Å². The second-order valence-electron chi connectivity index (χ2n) is 5.73. The molecule has 1 aliphatic rings. The molecule has 0 amide bonds. The minimum absolute atomic E-state index is 0.0509. The van der Waals surface area contributed by atoms with Gasteiger partial charge in [-0.15, -0.1) is 0 Å². The molecule has 20 heavy (non-hydrogen) atoms. The third-order valence-corrected chi connectivity index (χ3v) is 5.84. The Bertz CT molecular complexity index is 466. The largest absolute Gasteiger partial charge is 0.313 e. The van der Waals surface area contributed by atoms with Crippen molar-refractivity contribution in [3.05, 3.63) is 33.0 Å². The molecule has 1 N–H and O–H groups in total. The monoisotopic (exact) mass is 361 g/mol. The van der Waals surface area contributed by atoms with Crippen LogP contribution in [0.4, 0.5) is 4.39 Å². The van der Waals surface area contributed by atoms with Gasteiger partial charge in [0.25, 0.3) is 0 Å². The summed E-state index contributed by atoms with van der Waals surface area (Å²) in [5.74, 6) is 0.975. The Morgan fingerprint density at radius 1 is 1.45 bits per heavy atom. The van der Waals surface area contributed by atoms with Crippen molar-refractivity contribution in [3.63, 3.8) is 0 Å². The summed E-state index contributed by atoms with van der Waals surface area (Å²) in [6.07, 6.45) is 6.11. The summed E-state index contributed by atoms with van der Waals surface area (Å²) >= 11 is 9.30. The zero-order valence-electron chi connectivity index (χ0n) is 12.1. The number of hydrogen-bond acceptors (Lipinski definition) is 1. The van der Waals surface area contributed by atoms with Gasteiger partial charge in [-0.05, 0) is 53.7 Å². The number of rotatable bonds is 4. The van der Waals surface area contributed by atoms with Crippen LogP contribution in [0.1, 0.15) is 50.6 Å². The first-order valence-corrected chi connectivity index (χ1v) is 8.56. The Balaban J connectivity index is 2.26. The molecule has 0 radical (unpaired) electrons. The van der Waals surface area contributed by atoms with E-state index < -0.39 is 0 Å². The molecule has 4 heteroatoms. The normalized spacial score (nSPS) is 24.6. The molecule has 0 aliphatic heterocycles. The van der Waals surface area contributed by atoms with Gasteiger partial charge in [-0.25, -0.2) is 4.39 Å². The van der Waals surface area contributed by atoms with Crippen LogP contribution in [-0.2, 0) is 0 Å². The van der Waals surface area contributed by atoms with Crippen molar-refractivity contribution < 1.29 is 4.39 Å². The third kappa shape index (κ3) is 3.37. The van der Waals surface area contributed by atoms with E-state index in [0.717, 1.165) is 12.3 Å². The van der Waals surface area contributed by atoms with Crippen LogP contribution in [-0.4, -0.2) is 7.05 Å². The lowest BCUT2D eigenvalue weighted by Gasteiger charge is -2.34. The van der Waals surface area contributed by atoms with E-state index in [1.165, 1.54) is 25.7 Å². The molecule has 0 spiro atoms. The molecule has 0 heterocycles. The fourth-order valence-corrected chi connectivity index (χ4v) is 3.91. The Labute approximate surface area is 134 Å². The van der Waals surface area contributed by atoms with E-state index in [1.54, 1.807) is 0 Å². The summed E-state index contributed by atoms with van der Waals surface area (Å²) in [6, 6.07) is 3.74. The molecule has 112 valence electrons. The lowest BCUT2D eigenvalue weighted by molar-refractivity contribution is 0.212. The average Bonchev–Trinajstić information content (AvgIpc) is 2.48. The van der Waals surface area contributed by atoms with E-state index in [2.05, 4.69) is 28.2 Å². The van der Waals surface area contributed by atoms with Gasteiger partial charge in [0, 0.05) is 16.1 Å². The van der Waals surface area contributed by atoms with Gasteiger partial charge in [0.1, 0.15) is 5.82 Å². The first kappa shape index (κ1) is 16.3. The van der Waals surface area contributed by atoms with Crippen LogP contribution in [0.3, 0.4) is 0 Å². The molecular formula is C16H22BrClFN. The fraction of sp³-hybridized carbons (Fsp3) is 0.625. The van der Waals surface area contributed by atoms with Gasteiger partial charge in [0.05, 0.1) is 5.02 Å². The highest BCUT2D eigenvalue weighted by Crippen LogP contribution is 2.40. The maximum Gasteiger partial charge on any atom is 0.147 e. The van der Waals surface area contributed by atoms with E-state index in [-0.39, 0.29) is 16.9 Å². The second-order valence-corrected chi connectivity index (χ2v) is 6.96. The molecule has 3 unspecified atom stereocenters.